The van der Waals surface area contributed by atoms with E-state index >= 15 is 0 Å². The van der Waals surface area contributed by atoms with Gasteiger partial charge in [0.05, 0.1) is 18.9 Å². The molecular formula is C23H25NO3. The van der Waals surface area contributed by atoms with Crippen LogP contribution in [0, 0.1) is 11.8 Å². The average Bonchev–Trinajstić information content (AvgIpc) is 2.73. The Balaban J connectivity index is 1.96. The number of rotatable bonds is 4. The van der Waals surface area contributed by atoms with E-state index in [1.54, 1.807) is 0 Å². The molecule has 0 radical (unpaired) electrons. The molecule has 2 atom stereocenters. The van der Waals surface area contributed by atoms with Gasteiger partial charge in [0.2, 0.25) is 5.91 Å². The highest BCUT2D eigenvalue weighted by Crippen LogP contribution is 2.58. The molecule has 4 heteroatoms. The van der Waals surface area contributed by atoms with E-state index in [0.29, 0.717) is 13.1 Å². The molecule has 0 heterocycles. The van der Waals surface area contributed by atoms with E-state index in [9.17, 15) is 9.59 Å². The normalized spacial score (nSPS) is 24.7. The molecule has 27 heavy (non-hydrogen) atoms. The summed E-state index contributed by atoms with van der Waals surface area (Å²) in [6.45, 7) is 5.25. The first-order chi connectivity index (χ1) is 13.1. The third-order valence-electron chi connectivity index (χ3n) is 6.27. The fraction of sp³-hybridized carbons (Fsp3) is 0.391. The number of fused-ring (bicyclic) bond motifs is 1. The molecule has 140 valence electrons. The van der Waals surface area contributed by atoms with Crippen molar-refractivity contribution in [3.05, 3.63) is 70.8 Å². The van der Waals surface area contributed by atoms with E-state index < -0.39 is 11.8 Å². The van der Waals surface area contributed by atoms with Crippen LogP contribution < -0.4 is 0 Å². The smallest absolute Gasteiger partial charge is 0.310 e. The Kier molecular flexibility index (Phi) is 4.50. The van der Waals surface area contributed by atoms with Crippen LogP contribution in [0.25, 0.3) is 0 Å². The number of benzene rings is 2. The lowest BCUT2D eigenvalue weighted by molar-refractivity contribution is -0.155. The molecule has 0 fully saturated rings. The Hall–Kier alpha value is -2.62. The SMILES string of the molecule is CCN(CC)C(=O)[C@@H]1C2c3ccccc3C(c3ccccc32)[C@@H]1C(=O)OC. The number of hydrogen-bond acceptors (Lipinski definition) is 3. The third kappa shape index (κ3) is 2.50. The second kappa shape index (κ2) is 6.84. The zero-order valence-corrected chi connectivity index (χ0v) is 16.0. The van der Waals surface area contributed by atoms with Gasteiger partial charge in [-0.25, -0.2) is 0 Å². The standard InChI is InChI=1S/C23H25NO3/c1-4-24(5-2)22(25)20-18-14-10-6-8-12-16(14)19(21(20)23(26)27-3)17-13-9-7-11-15(17)18/h6-13,18-21H,4-5H2,1-3H3/t18?,19?,20-,21+/m1/s1. The van der Waals surface area contributed by atoms with Crippen molar-refractivity contribution >= 4 is 11.9 Å². The number of nitrogens with zero attached hydrogens (tertiary/aromatic N) is 1. The average molecular weight is 363 g/mol. The zero-order valence-electron chi connectivity index (χ0n) is 16.0. The number of amides is 1. The lowest BCUT2D eigenvalue weighted by Crippen LogP contribution is -2.51. The van der Waals surface area contributed by atoms with Gasteiger partial charge in [-0.1, -0.05) is 48.5 Å². The van der Waals surface area contributed by atoms with Crippen LogP contribution in [-0.4, -0.2) is 37.0 Å². The summed E-state index contributed by atoms with van der Waals surface area (Å²) in [7, 11) is 1.42. The van der Waals surface area contributed by atoms with Crippen LogP contribution in [0.5, 0.6) is 0 Å². The summed E-state index contributed by atoms with van der Waals surface area (Å²) in [6.07, 6.45) is 0. The molecule has 0 N–H and O–H groups in total. The summed E-state index contributed by atoms with van der Waals surface area (Å²) in [4.78, 5) is 28.3. The number of esters is 1. The maximum atomic E-state index is 13.5. The van der Waals surface area contributed by atoms with Gasteiger partial charge in [-0.2, -0.15) is 0 Å². The van der Waals surface area contributed by atoms with E-state index in [1.165, 1.54) is 18.2 Å². The van der Waals surface area contributed by atoms with Crippen LogP contribution >= 0.6 is 0 Å². The van der Waals surface area contributed by atoms with Crippen LogP contribution in [0.1, 0.15) is 47.9 Å². The number of ether oxygens (including phenoxy) is 1. The van der Waals surface area contributed by atoms with Gasteiger partial charge >= 0.3 is 5.97 Å². The number of carbonyl (C=O) groups excluding carboxylic acids is 2. The molecule has 3 aliphatic carbocycles. The molecule has 4 nitrogen and oxygen atoms in total. The van der Waals surface area contributed by atoms with Crippen LogP contribution in [0.3, 0.4) is 0 Å². The van der Waals surface area contributed by atoms with Crippen molar-refractivity contribution in [2.75, 3.05) is 20.2 Å². The molecule has 3 aliphatic rings. The maximum absolute atomic E-state index is 13.5. The van der Waals surface area contributed by atoms with Crippen molar-refractivity contribution in [2.24, 2.45) is 11.8 Å². The molecule has 2 bridgehead atoms. The summed E-state index contributed by atoms with van der Waals surface area (Å²) in [5, 5.41) is 0. The van der Waals surface area contributed by atoms with Crippen molar-refractivity contribution in [2.45, 2.75) is 25.7 Å². The summed E-state index contributed by atoms with van der Waals surface area (Å²) in [5.74, 6) is -1.40. The minimum atomic E-state index is -0.488. The summed E-state index contributed by atoms with van der Waals surface area (Å²) in [6, 6.07) is 16.5. The quantitative estimate of drug-likeness (QED) is 0.781. The molecule has 0 spiro atoms. The van der Waals surface area contributed by atoms with Crippen LogP contribution in [0.4, 0.5) is 0 Å². The molecule has 2 aromatic carbocycles. The summed E-state index contributed by atoms with van der Waals surface area (Å²) < 4.78 is 5.19. The first-order valence-electron chi connectivity index (χ1n) is 9.68. The fourth-order valence-corrected chi connectivity index (χ4v) is 5.14. The molecule has 0 unspecified atom stereocenters. The van der Waals surface area contributed by atoms with Gasteiger partial charge in [0.1, 0.15) is 0 Å². The highest BCUT2D eigenvalue weighted by atomic mass is 16.5. The molecule has 0 saturated heterocycles. The van der Waals surface area contributed by atoms with Gasteiger partial charge in [-0.15, -0.1) is 0 Å². The Morgan fingerprint density at radius 2 is 1.22 bits per heavy atom. The second-order valence-electron chi connectivity index (χ2n) is 7.30. The molecule has 0 aliphatic heterocycles. The van der Waals surface area contributed by atoms with Gasteiger partial charge in [-0.3, -0.25) is 9.59 Å². The van der Waals surface area contributed by atoms with Gasteiger partial charge in [0.25, 0.3) is 0 Å². The largest absolute Gasteiger partial charge is 0.469 e. The lowest BCUT2D eigenvalue weighted by atomic mass is 9.54. The highest BCUT2D eigenvalue weighted by molar-refractivity contribution is 5.90. The van der Waals surface area contributed by atoms with Crippen molar-refractivity contribution in [1.82, 2.24) is 4.90 Å². The lowest BCUT2D eigenvalue weighted by Gasteiger charge is -2.49. The van der Waals surface area contributed by atoms with Gasteiger partial charge in [0.15, 0.2) is 0 Å². The minimum absolute atomic E-state index is 0.0504. The number of carbonyl (C=O) groups is 2. The summed E-state index contributed by atoms with van der Waals surface area (Å²) in [5.41, 5.74) is 4.65. The van der Waals surface area contributed by atoms with Crippen molar-refractivity contribution in [3.8, 4) is 0 Å². The van der Waals surface area contributed by atoms with E-state index in [0.717, 1.165) is 11.1 Å². The first kappa shape index (κ1) is 17.8. The van der Waals surface area contributed by atoms with Crippen molar-refractivity contribution in [3.63, 3.8) is 0 Å². The molecular weight excluding hydrogens is 338 g/mol. The highest BCUT2D eigenvalue weighted by Gasteiger charge is 2.56. The monoisotopic (exact) mass is 363 g/mol. The Morgan fingerprint density at radius 3 is 1.59 bits per heavy atom. The van der Waals surface area contributed by atoms with E-state index in [-0.39, 0.29) is 23.7 Å². The zero-order chi connectivity index (χ0) is 19.1. The summed E-state index contributed by atoms with van der Waals surface area (Å²) >= 11 is 0. The predicted octanol–water partition coefficient (Wildman–Crippen LogP) is 3.55. The molecule has 5 rings (SSSR count). The van der Waals surface area contributed by atoms with Gasteiger partial charge in [0, 0.05) is 24.9 Å². The number of hydrogen-bond donors (Lipinski definition) is 0. The molecule has 0 aromatic heterocycles. The fourth-order valence-electron chi connectivity index (χ4n) is 5.14. The Morgan fingerprint density at radius 1 is 0.815 bits per heavy atom. The van der Waals surface area contributed by atoms with Crippen LogP contribution in [0.15, 0.2) is 48.5 Å². The van der Waals surface area contributed by atoms with E-state index in [2.05, 4.69) is 24.3 Å². The topological polar surface area (TPSA) is 46.6 Å². The van der Waals surface area contributed by atoms with Crippen LogP contribution in [-0.2, 0) is 14.3 Å². The Labute approximate surface area is 160 Å². The van der Waals surface area contributed by atoms with Crippen LogP contribution in [0.2, 0.25) is 0 Å². The Bertz CT molecular complexity index is 839. The maximum Gasteiger partial charge on any atom is 0.310 e. The predicted molar refractivity (Wildman–Crippen MR) is 103 cm³/mol. The van der Waals surface area contributed by atoms with Gasteiger partial charge in [-0.05, 0) is 36.1 Å². The molecule has 0 saturated carbocycles. The van der Waals surface area contributed by atoms with E-state index in [4.69, 9.17) is 4.74 Å². The number of methoxy groups -OCH3 is 1. The van der Waals surface area contributed by atoms with E-state index in [1.807, 2.05) is 43.0 Å². The first-order valence-corrected chi connectivity index (χ1v) is 9.68. The third-order valence-corrected chi connectivity index (χ3v) is 6.27. The molecule has 2 aromatic rings. The minimum Gasteiger partial charge on any atom is -0.469 e. The van der Waals surface area contributed by atoms with Crippen molar-refractivity contribution < 1.29 is 14.3 Å². The van der Waals surface area contributed by atoms with Crippen molar-refractivity contribution in [1.29, 1.82) is 0 Å². The second-order valence-corrected chi connectivity index (χ2v) is 7.30. The molecule has 1 amide bonds. The van der Waals surface area contributed by atoms with Gasteiger partial charge < -0.3 is 9.64 Å².